The number of rotatable bonds is 6. The van der Waals surface area contributed by atoms with Crippen LogP contribution in [0.1, 0.15) is 42.1 Å². The fourth-order valence-corrected chi connectivity index (χ4v) is 2.37. The normalized spacial score (nSPS) is 10.8. The monoisotopic (exact) mass is 346 g/mol. The highest BCUT2D eigenvalue weighted by Crippen LogP contribution is 2.25. The number of nitrogens with one attached hydrogen (secondary N) is 2. The maximum atomic E-state index is 12.3. The van der Waals surface area contributed by atoms with E-state index in [-0.39, 0.29) is 5.91 Å². The lowest BCUT2D eigenvalue weighted by Gasteiger charge is -2.12. The summed E-state index contributed by atoms with van der Waals surface area (Å²) in [5.74, 6) is 1.46. The molecule has 24 heavy (non-hydrogen) atoms. The summed E-state index contributed by atoms with van der Waals surface area (Å²) in [6, 6.07) is 7.27. The second-order valence-corrected chi connectivity index (χ2v) is 6.57. The van der Waals surface area contributed by atoms with Gasteiger partial charge < -0.3 is 10.6 Å². The maximum Gasteiger partial charge on any atom is 0.270 e. The van der Waals surface area contributed by atoms with Crippen LogP contribution in [0.15, 0.2) is 24.3 Å². The van der Waals surface area contributed by atoms with Crippen LogP contribution < -0.4 is 10.6 Å². The van der Waals surface area contributed by atoms with Crippen molar-refractivity contribution >= 4 is 29.0 Å². The quantitative estimate of drug-likeness (QED) is 0.819. The first-order valence-corrected chi connectivity index (χ1v) is 8.40. The largest absolute Gasteiger partial charge is 0.351 e. The van der Waals surface area contributed by atoms with Gasteiger partial charge in [-0.25, -0.2) is 9.97 Å². The molecule has 128 valence electrons. The summed E-state index contributed by atoms with van der Waals surface area (Å²) in [5, 5.41) is 6.78. The smallest absolute Gasteiger partial charge is 0.270 e. The highest BCUT2D eigenvalue weighted by molar-refractivity contribution is 6.31. The number of carbonyl (C=O) groups excluding carboxylic acids is 1. The predicted molar refractivity (Wildman–Crippen MR) is 98.0 cm³/mol. The molecule has 0 aliphatic rings. The fourth-order valence-electron chi connectivity index (χ4n) is 2.19. The minimum absolute atomic E-state index is 0.188. The number of benzene rings is 1. The molecule has 5 nitrogen and oxygen atoms in total. The molecule has 1 aromatic carbocycles. The van der Waals surface area contributed by atoms with Crippen molar-refractivity contribution in [2.45, 2.75) is 34.1 Å². The van der Waals surface area contributed by atoms with E-state index >= 15 is 0 Å². The lowest BCUT2D eigenvalue weighted by molar-refractivity contribution is 0.0946. The van der Waals surface area contributed by atoms with Crippen LogP contribution in [0.2, 0.25) is 5.02 Å². The Balaban J connectivity index is 2.16. The molecule has 0 bridgehead atoms. The van der Waals surface area contributed by atoms with Gasteiger partial charge in [-0.05, 0) is 43.9 Å². The summed E-state index contributed by atoms with van der Waals surface area (Å²) in [6.45, 7) is 8.57. The van der Waals surface area contributed by atoms with Crippen LogP contribution in [-0.2, 0) is 0 Å². The lowest BCUT2D eigenvalue weighted by atomic mass is 10.1. The SMILES string of the molecule is Cc1nc(Nc2cccc(Cl)c2C)cc(C(=O)NCCC(C)C)n1. The van der Waals surface area contributed by atoms with Gasteiger partial charge in [-0.3, -0.25) is 4.79 Å². The number of halogens is 1. The minimum Gasteiger partial charge on any atom is -0.351 e. The molecule has 2 aromatic rings. The molecule has 1 heterocycles. The molecule has 0 saturated heterocycles. The number of anilines is 2. The third-order valence-corrected chi connectivity index (χ3v) is 4.02. The van der Waals surface area contributed by atoms with Crippen molar-refractivity contribution in [3.63, 3.8) is 0 Å². The minimum atomic E-state index is -0.188. The van der Waals surface area contributed by atoms with Gasteiger partial charge in [0.15, 0.2) is 0 Å². The second kappa shape index (κ2) is 8.11. The van der Waals surface area contributed by atoms with Crippen LogP contribution in [0.5, 0.6) is 0 Å². The Morgan fingerprint density at radius 1 is 1.25 bits per heavy atom. The van der Waals surface area contributed by atoms with Gasteiger partial charge in [0.1, 0.15) is 17.3 Å². The van der Waals surface area contributed by atoms with Crippen molar-refractivity contribution < 1.29 is 4.79 Å². The second-order valence-electron chi connectivity index (χ2n) is 6.16. The Labute approximate surface area is 147 Å². The molecule has 2 rings (SSSR count). The van der Waals surface area contributed by atoms with Gasteiger partial charge in [0, 0.05) is 23.3 Å². The molecular weight excluding hydrogens is 324 g/mol. The predicted octanol–water partition coefficient (Wildman–Crippen LogP) is 4.27. The van der Waals surface area contributed by atoms with E-state index in [2.05, 4.69) is 34.4 Å². The molecule has 0 unspecified atom stereocenters. The molecule has 2 N–H and O–H groups in total. The average Bonchev–Trinajstić information content (AvgIpc) is 2.51. The number of hydrogen-bond acceptors (Lipinski definition) is 4. The van der Waals surface area contributed by atoms with E-state index < -0.39 is 0 Å². The van der Waals surface area contributed by atoms with E-state index in [0.29, 0.717) is 34.8 Å². The lowest BCUT2D eigenvalue weighted by Crippen LogP contribution is -2.26. The number of carbonyl (C=O) groups is 1. The van der Waals surface area contributed by atoms with Crippen LogP contribution >= 0.6 is 11.6 Å². The first-order valence-electron chi connectivity index (χ1n) is 8.03. The molecule has 0 spiro atoms. The van der Waals surface area contributed by atoms with E-state index in [1.807, 2.05) is 25.1 Å². The third kappa shape index (κ3) is 4.93. The summed E-state index contributed by atoms with van der Waals surface area (Å²) in [4.78, 5) is 20.8. The molecule has 0 aliphatic heterocycles. The average molecular weight is 347 g/mol. The van der Waals surface area contributed by atoms with Crippen LogP contribution in [-0.4, -0.2) is 22.4 Å². The van der Waals surface area contributed by atoms with E-state index in [4.69, 9.17) is 11.6 Å². The summed E-state index contributed by atoms with van der Waals surface area (Å²) < 4.78 is 0. The van der Waals surface area contributed by atoms with Gasteiger partial charge in [-0.2, -0.15) is 0 Å². The molecule has 0 atom stereocenters. The molecule has 0 fully saturated rings. The van der Waals surface area contributed by atoms with E-state index in [1.165, 1.54) is 0 Å². The van der Waals surface area contributed by atoms with Gasteiger partial charge in [0.2, 0.25) is 0 Å². The molecule has 0 radical (unpaired) electrons. The highest BCUT2D eigenvalue weighted by Gasteiger charge is 2.11. The van der Waals surface area contributed by atoms with Gasteiger partial charge >= 0.3 is 0 Å². The first-order chi connectivity index (χ1) is 11.4. The number of aromatic nitrogens is 2. The summed E-state index contributed by atoms with van der Waals surface area (Å²) >= 11 is 6.14. The van der Waals surface area contributed by atoms with Gasteiger partial charge in [-0.15, -0.1) is 0 Å². The first kappa shape index (κ1) is 18.2. The van der Waals surface area contributed by atoms with E-state index in [1.54, 1.807) is 13.0 Å². The van der Waals surface area contributed by atoms with Crippen molar-refractivity contribution in [1.82, 2.24) is 15.3 Å². The van der Waals surface area contributed by atoms with Crippen LogP contribution in [0.3, 0.4) is 0 Å². The van der Waals surface area contributed by atoms with Crippen LogP contribution in [0, 0.1) is 19.8 Å². The Hall–Kier alpha value is -2.14. The zero-order chi connectivity index (χ0) is 17.7. The van der Waals surface area contributed by atoms with Crippen molar-refractivity contribution in [1.29, 1.82) is 0 Å². The van der Waals surface area contributed by atoms with Gasteiger partial charge in [0.25, 0.3) is 5.91 Å². The van der Waals surface area contributed by atoms with Crippen molar-refractivity contribution in [3.8, 4) is 0 Å². The molecular formula is C18H23ClN4O. The zero-order valence-corrected chi connectivity index (χ0v) is 15.2. The fraction of sp³-hybridized carbons (Fsp3) is 0.389. The Morgan fingerprint density at radius 3 is 2.71 bits per heavy atom. The van der Waals surface area contributed by atoms with Crippen molar-refractivity contribution in [2.75, 3.05) is 11.9 Å². The van der Waals surface area contributed by atoms with Crippen LogP contribution in [0.4, 0.5) is 11.5 Å². The highest BCUT2D eigenvalue weighted by atomic mass is 35.5. The number of amides is 1. The van der Waals surface area contributed by atoms with Crippen LogP contribution in [0.25, 0.3) is 0 Å². The Kier molecular flexibility index (Phi) is 6.15. The van der Waals surface area contributed by atoms with Gasteiger partial charge in [0.05, 0.1) is 0 Å². The topological polar surface area (TPSA) is 66.9 Å². The van der Waals surface area contributed by atoms with Crippen molar-refractivity contribution in [2.24, 2.45) is 5.92 Å². The molecule has 6 heteroatoms. The molecule has 0 saturated carbocycles. The molecule has 1 amide bonds. The van der Waals surface area contributed by atoms with Crippen molar-refractivity contribution in [3.05, 3.63) is 46.4 Å². The van der Waals surface area contributed by atoms with E-state index in [9.17, 15) is 4.79 Å². The molecule has 1 aromatic heterocycles. The molecule has 0 aliphatic carbocycles. The zero-order valence-electron chi connectivity index (χ0n) is 14.5. The Bertz CT molecular complexity index is 731. The number of hydrogen-bond donors (Lipinski definition) is 2. The third-order valence-electron chi connectivity index (χ3n) is 3.61. The summed E-state index contributed by atoms with van der Waals surface area (Å²) in [7, 11) is 0. The van der Waals surface area contributed by atoms with Gasteiger partial charge in [-0.1, -0.05) is 31.5 Å². The maximum absolute atomic E-state index is 12.3. The standard InChI is InChI=1S/C18H23ClN4O/c1-11(2)8-9-20-18(24)16-10-17(22-13(4)21-16)23-15-7-5-6-14(19)12(15)3/h5-7,10-11H,8-9H2,1-4H3,(H,20,24)(H,21,22,23). The summed E-state index contributed by atoms with van der Waals surface area (Å²) in [5.41, 5.74) is 2.14. The Morgan fingerprint density at radius 2 is 2.00 bits per heavy atom. The summed E-state index contributed by atoms with van der Waals surface area (Å²) in [6.07, 6.45) is 0.933. The number of nitrogens with zero attached hydrogens (tertiary/aromatic N) is 2. The van der Waals surface area contributed by atoms with E-state index in [0.717, 1.165) is 17.7 Å². The number of aryl methyl sites for hydroxylation is 1.